The monoisotopic (exact) mass is 296 g/mol. The average Bonchev–Trinajstić information content (AvgIpc) is 2.28. The van der Waals surface area contributed by atoms with E-state index in [0.717, 1.165) is 6.42 Å². The second kappa shape index (κ2) is 6.26. The summed E-state index contributed by atoms with van der Waals surface area (Å²) >= 11 is 3.26. The van der Waals surface area contributed by atoms with E-state index < -0.39 is 12.0 Å². The molecule has 0 bridgehead atoms. The molecule has 1 aromatic carbocycles. The van der Waals surface area contributed by atoms with Crippen molar-refractivity contribution in [2.24, 2.45) is 0 Å². The maximum atomic E-state index is 11.0. The van der Waals surface area contributed by atoms with Crippen molar-refractivity contribution in [3.8, 4) is 6.07 Å². The fourth-order valence-corrected chi connectivity index (χ4v) is 1.91. The number of anilines is 1. The summed E-state index contributed by atoms with van der Waals surface area (Å²) in [5.41, 5.74) is 1.22. The number of aliphatic carboxylic acids is 1. The van der Waals surface area contributed by atoms with Crippen LogP contribution in [0, 0.1) is 11.3 Å². The van der Waals surface area contributed by atoms with Crippen LogP contribution in [-0.4, -0.2) is 17.1 Å². The average molecular weight is 297 g/mol. The maximum absolute atomic E-state index is 11.0. The summed E-state index contributed by atoms with van der Waals surface area (Å²) in [5.74, 6) is -0.868. The number of carbonyl (C=O) groups is 1. The summed E-state index contributed by atoms with van der Waals surface area (Å²) in [6, 6.07) is 6.50. The largest absolute Gasteiger partial charge is 0.480 e. The van der Waals surface area contributed by atoms with Gasteiger partial charge in [-0.05, 0) is 40.5 Å². The molecule has 0 saturated heterocycles. The van der Waals surface area contributed by atoms with Crippen LogP contribution < -0.4 is 5.32 Å². The Morgan fingerprint density at radius 3 is 2.82 bits per heavy atom. The van der Waals surface area contributed by atoms with Crippen LogP contribution in [0.15, 0.2) is 22.7 Å². The quantitative estimate of drug-likeness (QED) is 0.876. The lowest BCUT2D eigenvalue weighted by Crippen LogP contribution is -2.28. The van der Waals surface area contributed by atoms with Gasteiger partial charge in [0, 0.05) is 10.2 Å². The molecule has 1 unspecified atom stereocenters. The van der Waals surface area contributed by atoms with Crippen molar-refractivity contribution < 1.29 is 9.90 Å². The smallest absolute Gasteiger partial charge is 0.326 e. The van der Waals surface area contributed by atoms with Gasteiger partial charge < -0.3 is 10.4 Å². The normalized spacial score (nSPS) is 11.6. The van der Waals surface area contributed by atoms with Crippen molar-refractivity contribution in [2.45, 2.75) is 25.8 Å². The molecule has 2 N–H and O–H groups in total. The van der Waals surface area contributed by atoms with Gasteiger partial charge in [-0.2, -0.15) is 5.26 Å². The van der Waals surface area contributed by atoms with Crippen molar-refractivity contribution in [2.75, 3.05) is 5.32 Å². The van der Waals surface area contributed by atoms with E-state index in [4.69, 9.17) is 10.4 Å². The molecule has 0 aliphatic carbocycles. The summed E-state index contributed by atoms with van der Waals surface area (Å²) < 4.78 is 0.658. The van der Waals surface area contributed by atoms with E-state index in [1.807, 2.05) is 13.0 Å². The van der Waals surface area contributed by atoms with Crippen LogP contribution in [0.4, 0.5) is 5.69 Å². The van der Waals surface area contributed by atoms with Crippen LogP contribution in [0.3, 0.4) is 0 Å². The number of halogens is 1. The number of benzene rings is 1. The number of hydrogen-bond donors (Lipinski definition) is 2. The zero-order valence-electron chi connectivity index (χ0n) is 9.40. The third kappa shape index (κ3) is 3.75. The first kappa shape index (κ1) is 13.5. The molecule has 0 aromatic heterocycles. The highest BCUT2D eigenvalue weighted by Gasteiger charge is 2.15. The molecule has 1 atom stereocenters. The van der Waals surface area contributed by atoms with Gasteiger partial charge in [0.1, 0.15) is 12.1 Å². The molecule has 1 rings (SSSR count). The van der Waals surface area contributed by atoms with E-state index in [2.05, 4.69) is 21.2 Å². The SMILES string of the molecule is CCCC(Nc1ccc(C#N)c(Br)c1)C(=O)O. The van der Waals surface area contributed by atoms with E-state index in [0.29, 0.717) is 22.1 Å². The Hall–Kier alpha value is -1.54. The minimum absolute atomic E-state index is 0.526. The molecule has 0 saturated carbocycles. The van der Waals surface area contributed by atoms with Gasteiger partial charge in [0.05, 0.1) is 5.56 Å². The van der Waals surface area contributed by atoms with E-state index in [-0.39, 0.29) is 0 Å². The van der Waals surface area contributed by atoms with E-state index in [9.17, 15) is 4.79 Å². The molecular formula is C12H13BrN2O2. The molecular weight excluding hydrogens is 284 g/mol. The van der Waals surface area contributed by atoms with Gasteiger partial charge in [0.15, 0.2) is 0 Å². The van der Waals surface area contributed by atoms with Crippen molar-refractivity contribution in [1.29, 1.82) is 5.26 Å². The molecule has 0 aliphatic rings. The highest BCUT2D eigenvalue weighted by Crippen LogP contribution is 2.21. The predicted molar refractivity (Wildman–Crippen MR) is 68.8 cm³/mol. The fourth-order valence-electron chi connectivity index (χ4n) is 1.44. The maximum Gasteiger partial charge on any atom is 0.326 e. The van der Waals surface area contributed by atoms with Crippen LogP contribution >= 0.6 is 15.9 Å². The van der Waals surface area contributed by atoms with E-state index >= 15 is 0 Å². The predicted octanol–water partition coefficient (Wildman–Crippen LogP) is 2.99. The van der Waals surface area contributed by atoms with Gasteiger partial charge in [0.2, 0.25) is 0 Å². The lowest BCUT2D eigenvalue weighted by atomic mass is 10.1. The molecule has 0 heterocycles. The number of hydrogen-bond acceptors (Lipinski definition) is 3. The molecule has 5 heteroatoms. The molecule has 0 radical (unpaired) electrons. The summed E-state index contributed by atoms with van der Waals surface area (Å²) in [4.78, 5) is 11.0. The number of nitriles is 1. The third-order valence-corrected chi connectivity index (χ3v) is 2.96. The number of rotatable bonds is 5. The number of carboxylic acids is 1. The Labute approximate surface area is 108 Å². The highest BCUT2D eigenvalue weighted by molar-refractivity contribution is 9.10. The van der Waals surface area contributed by atoms with E-state index in [1.165, 1.54) is 0 Å². The van der Waals surface area contributed by atoms with Gasteiger partial charge in [-0.3, -0.25) is 0 Å². The summed E-state index contributed by atoms with van der Waals surface area (Å²) in [7, 11) is 0. The van der Waals surface area contributed by atoms with Gasteiger partial charge in [-0.25, -0.2) is 4.79 Å². The van der Waals surface area contributed by atoms with Gasteiger partial charge in [-0.1, -0.05) is 13.3 Å². The van der Waals surface area contributed by atoms with Gasteiger partial charge in [-0.15, -0.1) is 0 Å². The Morgan fingerprint density at radius 1 is 1.65 bits per heavy atom. The zero-order chi connectivity index (χ0) is 12.8. The van der Waals surface area contributed by atoms with Crippen molar-refractivity contribution in [1.82, 2.24) is 0 Å². The third-order valence-electron chi connectivity index (χ3n) is 2.31. The molecule has 0 fully saturated rings. The summed E-state index contributed by atoms with van der Waals surface area (Å²) in [6.45, 7) is 1.94. The first-order valence-electron chi connectivity index (χ1n) is 5.27. The van der Waals surface area contributed by atoms with Crippen LogP contribution in [0.25, 0.3) is 0 Å². The van der Waals surface area contributed by atoms with Gasteiger partial charge in [0.25, 0.3) is 0 Å². The van der Waals surface area contributed by atoms with E-state index in [1.54, 1.807) is 18.2 Å². The van der Waals surface area contributed by atoms with Crippen LogP contribution in [0.5, 0.6) is 0 Å². The fraction of sp³-hybridized carbons (Fsp3) is 0.333. The minimum Gasteiger partial charge on any atom is -0.480 e. The molecule has 4 nitrogen and oxygen atoms in total. The molecule has 0 aliphatic heterocycles. The molecule has 0 spiro atoms. The van der Waals surface area contributed by atoms with Gasteiger partial charge >= 0.3 is 5.97 Å². The Morgan fingerprint density at radius 2 is 2.35 bits per heavy atom. The molecule has 0 amide bonds. The lowest BCUT2D eigenvalue weighted by Gasteiger charge is -2.15. The van der Waals surface area contributed by atoms with Crippen LogP contribution in [0.1, 0.15) is 25.3 Å². The standard InChI is InChI=1S/C12H13BrN2O2/c1-2-3-11(12(16)17)15-9-5-4-8(7-14)10(13)6-9/h4-6,11,15H,2-3H2,1H3,(H,16,17). The highest BCUT2D eigenvalue weighted by atomic mass is 79.9. The molecule has 17 heavy (non-hydrogen) atoms. The van der Waals surface area contributed by atoms with Crippen molar-refractivity contribution >= 4 is 27.6 Å². The Kier molecular flexibility index (Phi) is 4.98. The van der Waals surface area contributed by atoms with Crippen molar-refractivity contribution in [3.63, 3.8) is 0 Å². The molecule has 90 valence electrons. The second-order valence-corrected chi connectivity index (χ2v) is 4.48. The second-order valence-electron chi connectivity index (χ2n) is 3.63. The number of nitrogens with one attached hydrogen (secondary N) is 1. The number of carboxylic acid groups (broad SMARTS) is 1. The first-order chi connectivity index (χ1) is 8.08. The Bertz CT molecular complexity index is 454. The van der Waals surface area contributed by atoms with Crippen LogP contribution in [0.2, 0.25) is 0 Å². The van der Waals surface area contributed by atoms with Crippen LogP contribution in [-0.2, 0) is 4.79 Å². The summed E-state index contributed by atoms with van der Waals surface area (Å²) in [5, 5.41) is 20.7. The van der Waals surface area contributed by atoms with Crippen molar-refractivity contribution in [3.05, 3.63) is 28.2 Å². The zero-order valence-corrected chi connectivity index (χ0v) is 11.0. The minimum atomic E-state index is -0.868. The summed E-state index contributed by atoms with van der Waals surface area (Å²) in [6.07, 6.45) is 1.36. The molecule has 1 aromatic rings. The topological polar surface area (TPSA) is 73.1 Å². The Balaban J connectivity index is 2.84. The lowest BCUT2D eigenvalue weighted by molar-refractivity contribution is -0.138. The first-order valence-corrected chi connectivity index (χ1v) is 6.06. The number of nitrogens with zero attached hydrogens (tertiary/aromatic N) is 1.